The molecule has 23 heavy (non-hydrogen) atoms. The van der Waals surface area contributed by atoms with Gasteiger partial charge in [-0.25, -0.2) is 4.79 Å². The van der Waals surface area contributed by atoms with Gasteiger partial charge < -0.3 is 15.4 Å². The number of hydrogen-bond donors (Lipinski definition) is 2. The van der Waals surface area contributed by atoms with Gasteiger partial charge in [-0.05, 0) is 5.56 Å². The molecule has 2 amide bonds. The topological polar surface area (TPSA) is 84.5 Å². The van der Waals surface area contributed by atoms with Gasteiger partial charge >= 0.3 is 5.97 Å². The highest BCUT2D eigenvalue weighted by atomic mass is 16.5. The summed E-state index contributed by atoms with van der Waals surface area (Å²) in [6.45, 7) is 3.85. The summed E-state index contributed by atoms with van der Waals surface area (Å²) >= 11 is 0. The molecule has 1 aromatic carbocycles. The lowest BCUT2D eigenvalue weighted by Gasteiger charge is -2.16. The van der Waals surface area contributed by atoms with Gasteiger partial charge in [0.05, 0.1) is 7.11 Å². The fourth-order valence-corrected chi connectivity index (χ4v) is 1.95. The van der Waals surface area contributed by atoms with Crippen LogP contribution in [0.15, 0.2) is 43.0 Å². The first kappa shape index (κ1) is 18.4. The Labute approximate surface area is 135 Å². The van der Waals surface area contributed by atoms with Crippen LogP contribution in [-0.2, 0) is 25.5 Å². The molecule has 1 aromatic rings. The van der Waals surface area contributed by atoms with Crippen molar-refractivity contribution in [3.05, 3.63) is 48.6 Å². The molecule has 0 heterocycles. The fourth-order valence-electron chi connectivity index (χ4n) is 1.95. The highest BCUT2D eigenvalue weighted by Gasteiger charge is 2.22. The van der Waals surface area contributed by atoms with Gasteiger partial charge in [-0.15, -0.1) is 6.58 Å². The van der Waals surface area contributed by atoms with E-state index in [1.165, 1.54) is 7.11 Å². The van der Waals surface area contributed by atoms with Crippen LogP contribution >= 0.6 is 0 Å². The van der Waals surface area contributed by atoms with E-state index in [1.807, 2.05) is 30.3 Å². The normalized spacial score (nSPS) is 11.2. The van der Waals surface area contributed by atoms with Crippen LogP contribution in [0.5, 0.6) is 0 Å². The molecule has 0 saturated carbocycles. The molecule has 0 unspecified atom stereocenters. The Balaban J connectivity index is 2.53. The minimum atomic E-state index is -0.772. The molecule has 0 fully saturated rings. The lowest BCUT2D eigenvalue weighted by atomic mass is 10.1. The number of ether oxygens (including phenoxy) is 1. The molecule has 1 atom stereocenters. The van der Waals surface area contributed by atoms with E-state index in [2.05, 4.69) is 17.2 Å². The van der Waals surface area contributed by atoms with Crippen molar-refractivity contribution in [1.29, 1.82) is 0 Å². The number of carbonyl (C=O) groups is 3. The van der Waals surface area contributed by atoms with Crippen molar-refractivity contribution in [3.63, 3.8) is 0 Å². The van der Waals surface area contributed by atoms with Crippen molar-refractivity contribution in [2.45, 2.75) is 25.3 Å². The Hall–Kier alpha value is -2.63. The van der Waals surface area contributed by atoms with E-state index < -0.39 is 12.0 Å². The number of amides is 2. The van der Waals surface area contributed by atoms with Crippen LogP contribution in [0, 0.1) is 0 Å². The SMILES string of the molecule is C=CCNC(=O)CCC(=O)N[C@@H](Cc1ccccc1)C(=O)OC. The van der Waals surface area contributed by atoms with Crippen molar-refractivity contribution in [2.75, 3.05) is 13.7 Å². The minimum absolute atomic E-state index is 0.00522. The first-order valence-electron chi connectivity index (χ1n) is 7.35. The summed E-state index contributed by atoms with van der Waals surface area (Å²) < 4.78 is 4.72. The van der Waals surface area contributed by atoms with Crippen LogP contribution in [0.25, 0.3) is 0 Å². The molecule has 1 rings (SSSR count). The maximum absolute atomic E-state index is 11.9. The second kappa shape index (κ2) is 10.2. The first-order valence-corrected chi connectivity index (χ1v) is 7.35. The molecule has 0 spiro atoms. The van der Waals surface area contributed by atoms with Gasteiger partial charge in [0.1, 0.15) is 6.04 Å². The van der Waals surface area contributed by atoms with Gasteiger partial charge in [-0.3, -0.25) is 9.59 Å². The number of nitrogens with one attached hydrogen (secondary N) is 2. The van der Waals surface area contributed by atoms with Gasteiger partial charge in [0, 0.05) is 25.8 Å². The van der Waals surface area contributed by atoms with Crippen LogP contribution < -0.4 is 10.6 Å². The minimum Gasteiger partial charge on any atom is -0.467 e. The van der Waals surface area contributed by atoms with Crippen LogP contribution in [0.2, 0.25) is 0 Å². The summed E-state index contributed by atoms with van der Waals surface area (Å²) in [4.78, 5) is 35.2. The Morgan fingerprint density at radius 1 is 1.17 bits per heavy atom. The predicted octanol–water partition coefficient (Wildman–Crippen LogP) is 0.969. The number of benzene rings is 1. The van der Waals surface area contributed by atoms with Crippen molar-refractivity contribution in [3.8, 4) is 0 Å². The van der Waals surface area contributed by atoms with Gasteiger partial charge in [0.25, 0.3) is 0 Å². The number of esters is 1. The molecule has 124 valence electrons. The molecule has 0 saturated heterocycles. The van der Waals surface area contributed by atoms with E-state index in [1.54, 1.807) is 6.08 Å². The largest absolute Gasteiger partial charge is 0.467 e. The molecular weight excluding hydrogens is 296 g/mol. The average Bonchev–Trinajstić information content (AvgIpc) is 2.57. The van der Waals surface area contributed by atoms with Gasteiger partial charge in [-0.2, -0.15) is 0 Å². The quantitative estimate of drug-likeness (QED) is 0.525. The number of rotatable bonds is 9. The summed E-state index contributed by atoms with van der Waals surface area (Å²) in [7, 11) is 1.27. The summed E-state index contributed by atoms with van der Waals surface area (Å²) in [5.74, 6) is -1.12. The average molecular weight is 318 g/mol. The highest BCUT2D eigenvalue weighted by Crippen LogP contribution is 2.05. The van der Waals surface area contributed by atoms with E-state index in [-0.39, 0.29) is 24.7 Å². The first-order chi connectivity index (χ1) is 11.1. The van der Waals surface area contributed by atoms with Crippen molar-refractivity contribution >= 4 is 17.8 Å². The molecule has 0 aromatic heterocycles. The lowest BCUT2D eigenvalue weighted by molar-refractivity contribution is -0.145. The molecule has 2 N–H and O–H groups in total. The molecule has 0 aliphatic rings. The number of carbonyl (C=O) groups excluding carboxylic acids is 3. The summed E-state index contributed by atoms with van der Waals surface area (Å²) in [5.41, 5.74) is 0.909. The van der Waals surface area contributed by atoms with Crippen LogP contribution in [0.1, 0.15) is 18.4 Å². The van der Waals surface area contributed by atoms with Crippen LogP contribution in [0.4, 0.5) is 0 Å². The Morgan fingerprint density at radius 3 is 2.43 bits per heavy atom. The Kier molecular flexibility index (Phi) is 8.13. The maximum Gasteiger partial charge on any atom is 0.328 e. The molecule has 0 aliphatic carbocycles. The third-order valence-corrected chi connectivity index (χ3v) is 3.13. The van der Waals surface area contributed by atoms with Crippen LogP contribution in [-0.4, -0.2) is 37.5 Å². The Morgan fingerprint density at radius 2 is 1.83 bits per heavy atom. The van der Waals surface area contributed by atoms with Gasteiger partial charge in [0.15, 0.2) is 0 Å². The van der Waals surface area contributed by atoms with Crippen molar-refractivity contribution in [2.24, 2.45) is 0 Å². The van der Waals surface area contributed by atoms with E-state index in [0.29, 0.717) is 13.0 Å². The zero-order valence-corrected chi connectivity index (χ0v) is 13.2. The molecule has 6 heteroatoms. The third kappa shape index (κ3) is 7.26. The maximum atomic E-state index is 11.9. The highest BCUT2D eigenvalue weighted by molar-refractivity contribution is 5.87. The molecular formula is C17H22N2O4. The molecule has 6 nitrogen and oxygen atoms in total. The van der Waals surface area contributed by atoms with Crippen LogP contribution in [0.3, 0.4) is 0 Å². The van der Waals surface area contributed by atoms with Gasteiger partial charge in [0.2, 0.25) is 11.8 Å². The molecule has 0 radical (unpaired) electrons. The predicted molar refractivity (Wildman–Crippen MR) is 86.5 cm³/mol. The second-order valence-electron chi connectivity index (χ2n) is 4.93. The van der Waals surface area contributed by atoms with Crippen molar-refractivity contribution in [1.82, 2.24) is 10.6 Å². The summed E-state index contributed by atoms with van der Waals surface area (Å²) in [5, 5.41) is 5.20. The van der Waals surface area contributed by atoms with E-state index in [0.717, 1.165) is 5.56 Å². The lowest BCUT2D eigenvalue weighted by Crippen LogP contribution is -2.43. The molecule has 0 bridgehead atoms. The smallest absolute Gasteiger partial charge is 0.328 e. The van der Waals surface area contributed by atoms with Crippen molar-refractivity contribution < 1.29 is 19.1 Å². The monoisotopic (exact) mass is 318 g/mol. The Bertz CT molecular complexity index is 543. The zero-order valence-electron chi connectivity index (χ0n) is 13.2. The number of hydrogen-bond acceptors (Lipinski definition) is 4. The zero-order chi connectivity index (χ0) is 17.1. The standard InChI is InChI=1S/C17H22N2O4/c1-3-11-18-15(20)9-10-16(21)19-14(17(22)23-2)12-13-7-5-4-6-8-13/h3-8,14H,1,9-12H2,2H3,(H,18,20)(H,19,21)/t14-/m0/s1. The second-order valence-corrected chi connectivity index (χ2v) is 4.93. The third-order valence-electron chi connectivity index (χ3n) is 3.13. The van der Waals surface area contributed by atoms with E-state index >= 15 is 0 Å². The summed E-state index contributed by atoms with van der Waals surface area (Å²) in [6.07, 6.45) is 1.96. The van der Waals surface area contributed by atoms with E-state index in [9.17, 15) is 14.4 Å². The number of methoxy groups -OCH3 is 1. The molecule has 0 aliphatic heterocycles. The fraction of sp³-hybridized carbons (Fsp3) is 0.353. The van der Waals surface area contributed by atoms with E-state index in [4.69, 9.17) is 4.74 Å². The van der Waals surface area contributed by atoms with Gasteiger partial charge in [-0.1, -0.05) is 36.4 Å². The summed E-state index contributed by atoms with van der Waals surface area (Å²) in [6, 6.07) is 8.54.